The van der Waals surface area contributed by atoms with E-state index in [1.165, 1.54) is 0 Å². The van der Waals surface area contributed by atoms with Crippen LogP contribution < -0.4 is 10.6 Å². The Morgan fingerprint density at radius 1 is 1.18 bits per heavy atom. The van der Waals surface area contributed by atoms with Crippen LogP contribution in [0.4, 0.5) is 4.79 Å². The van der Waals surface area contributed by atoms with Crippen molar-refractivity contribution in [3.05, 3.63) is 0 Å². The molecule has 1 unspecified atom stereocenters. The largest absolute Gasteiger partial charge is 0.444 e. The van der Waals surface area contributed by atoms with Gasteiger partial charge in [-0.05, 0) is 48.0 Å². The maximum absolute atomic E-state index is 11.8. The Labute approximate surface area is 133 Å². The quantitative estimate of drug-likeness (QED) is 0.313. The van der Waals surface area contributed by atoms with Crippen molar-refractivity contribution < 1.29 is 19.4 Å². The number of carbonyl (C=O) groups is 1. The number of carbonyl (C=O) groups excluding carboxylic acids is 1. The average molecular weight is 317 g/mol. The van der Waals surface area contributed by atoms with E-state index in [9.17, 15) is 9.90 Å². The Bertz CT molecular complexity index is 370. The standard InChI is InChI=1S/C15H31N3O4/c1-8-9-10-16-11(17-12(19)21-14(2,3)4)18-13(20)22-15(5,6)7/h12,19H,8-10H2,1-7H3,(H2,16,17,18,20). The van der Waals surface area contributed by atoms with Crippen LogP contribution in [0.1, 0.15) is 61.3 Å². The van der Waals surface area contributed by atoms with Crippen molar-refractivity contribution in [3.8, 4) is 0 Å². The van der Waals surface area contributed by atoms with E-state index in [4.69, 9.17) is 9.47 Å². The summed E-state index contributed by atoms with van der Waals surface area (Å²) in [7, 11) is 0. The SMILES string of the molecule is CCCCN=C(NC(=O)OC(C)(C)C)NC(O)OC(C)(C)C. The molecule has 0 aromatic rings. The zero-order chi connectivity index (χ0) is 17.4. The lowest BCUT2D eigenvalue weighted by Gasteiger charge is -2.26. The average Bonchev–Trinajstić information content (AvgIpc) is 2.23. The Hall–Kier alpha value is -1.34. The zero-order valence-electron chi connectivity index (χ0n) is 14.8. The first-order valence-corrected chi connectivity index (χ1v) is 7.60. The minimum absolute atomic E-state index is 0.124. The van der Waals surface area contributed by atoms with Gasteiger partial charge in [-0.1, -0.05) is 13.3 Å². The lowest BCUT2D eigenvalue weighted by Crippen LogP contribution is -2.49. The Morgan fingerprint density at radius 2 is 1.77 bits per heavy atom. The van der Waals surface area contributed by atoms with Crippen LogP contribution in [0.15, 0.2) is 4.99 Å². The molecule has 130 valence electrons. The van der Waals surface area contributed by atoms with Crippen molar-refractivity contribution in [1.82, 2.24) is 10.6 Å². The highest BCUT2D eigenvalue weighted by atomic mass is 16.6. The monoisotopic (exact) mass is 317 g/mol. The molecule has 1 amide bonds. The van der Waals surface area contributed by atoms with E-state index in [1.807, 2.05) is 27.7 Å². The second-order valence-electron chi connectivity index (χ2n) is 6.94. The van der Waals surface area contributed by atoms with Gasteiger partial charge in [-0.3, -0.25) is 10.3 Å². The molecule has 7 nitrogen and oxygen atoms in total. The molecular formula is C15H31N3O4. The first kappa shape index (κ1) is 20.7. The normalized spacial score (nSPS) is 14.5. The highest BCUT2D eigenvalue weighted by Crippen LogP contribution is 2.08. The molecule has 0 rings (SSSR count). The summed E-state index contributed by atoms with van der Waals surface area (Å²) in [6.07, 6.45) is -0.0738. The van der Waals surface area contributed by atoms with Crippen molar-refractivity contribution in [2.75, 3.05) is 6.54 Å². The summed E-state index contributed by atoms with van der Waals surface area (Å²) in [6, 6.07) is 0. The summed E-state index contributed by atoms with van der Waals surface area (Å²) in [5.41, 5.74) is -1.15. The number of hydrogen-bond acceptors (Lipinski definition) is 5. The van der Waals surface area contributed by atoms with E-state index in [-0.39, 0.29) is 5.96 Å². The van der Waals surface area contributed by atoms with Gasteiger partial charge in [0.25, 0.3) is 0 Å². The lowest BCUT2D eigenvalue weighted by atomic mass is 10.2. The van der Waals surface area contributed by atoms with Crippen LogP contribution in [-0.4, -0.2) is 41.3 Å². The molecule has 0 aliphatic carbocycles. The molecule has 0 aromatic carbocycles. The summed E-state index contributed by atoms with van der Waals surface area (Å²) in [6.45, 7) is 13.3. The topological polar surface area (TPSA) is 92.2 Å². The van der Waals surface area contributed by atoms with Crippen LogP contribution in [0.5, 0.6) is 0 Å². The minimum atomic E-state index is -1.28. The predicted octanol–water partition coefficient (Wildman–Crippen LogP) is 2.35. The number of amides is 1. The van der Waals surface area contributed by atoms with E-state index in [1.54, 1.807) is 20.8 Å². The number of nitrogens with one attached hydrogen (secondary N) is 2. The summed E-state index contributed by atoms with van der Waals surface area (Å²) >= 11 is 0. The maximum atomic E-state index is 11.8. The maximum Gasteiger partial charge on any atom is 0.414 e. The first-order valence-electron chi connectivity index (χ1n) is 7.60. The smallest absolute Gasteiger partial charge is 0.414 e. The molecule has 0 spiro atoms. The van der Waals surface area contributed by atoms with Crippen LogP contribution in [0.2, 0.25) is 0 Å². The zero-order valence-corrected chi connectivity index (χ0v) is 14.8. The van der Waals surface area contributed by atoms with Crippen LogP contribution in [0.3, 0.4) is 0 Å². The van der Waals surface area contributed by atoms with Gasteiger partial charge < -0.3 is 19.9 Å². The van der Waals surface area contributed by atoms with Crippen LogP contribution in [0.25, 0.3) is 0 Å². The van der Waals surface area contributed by atoms with Gasteiger partial charge in [0.05, 0.1) is 5.60 Å². The third kappa shape index (κ3) is 12.4. The van der Waals surface area contributed by atoms with E-state index < -0.39 is 23.7 Å². The molecule has 0 saturated heterocycles. The molecule has 22 heavy (non-hydrogen) atoms. The van der Waals surface area contributed by atoms with Gasteiger partial charge >= 0.3 is 6.09 Å². The third-order valence-electron chi connectivity index (χ3n) is 2.13. The Kier molecular flexibility index (Phi) is 8.40. The molecule has 1 atom stereocenters. The number of guanidine groups is 1. The summed E-state index contributed by atoms with van der Waals surface area (Å²) < 4.78 is 10.5. The van der Waals surface area contributed by atoms with E-state index >= 15 is 0 Å². The number of aliphatic hydroxyl groups excluding tert-OH is 1. The highest BCUT2D eigenvalue weighted by Gasteiger charge is 2.20. The summed E-state index contributed by atoms with van der Waals surface area (Å²) in [5, 5.41) is 15.0. The molecule has 7 heteroatoms. The molecule has 0 bridgehead atoms. The fraction of sp³-hybridized carbons (Fsp3) is 0.867. The molecule has 0 aliphatic rings. The van der Waals surface area contributed by atoms with Gasteiger partial charge in [-0.2, -0.15) is 0 Å². The minimum Gasteiger partial charge on any atom is -0.444 e. The fourth-order valence-electron chi connectivity index (χ4n) is 1.35. The predicted molar refractivity (Wildman–Crippen MR) is 86.6 cm³/mol. The second kappa shape index (κ2) is 8.95. The van der Waals surface area contributed by atoms with E-state index in [0.29, 0.717) is 6.54 Å². The van der Waals surface area contributed by atoms with Crippen molar-refractivity contribution in [1.29, 1.82) is 0 Å². The van der Waals surface area contributed by atoms with Crippen LogP contribution in [0, 0.1) is 0 Å². The van der Waals surface area contributed by atoms with Gasteiger partial charge in [0.2, 0.25) is 12.4 Å². The van der Waals surface area contributed by atoms with Crippen molar-refractivity contribution in [2.24, 2.45) is 4.99 Å². The fourth-order valence-corrected chi connectivity index (χ4v) is 1.35. The number of rotatable bonds is 5. The molecule has 0 heterocycles. The number of ether oxygens (including phenoxy) is 2. The first-order chi connectivity index (χ1) is 9.93. The summed E-state index contributed by atoms with van der Waals surface area (Å²) in [4.78, 5) is 16.0. The van der Waals surface area contributed by atoms with Crippen molar-refractivity contribution in [3.63, 3.8) is 0 Å². The highest BCUT2D eigenvalue weighted by molar-refractivity contribution is 5.94. The Morgan fingerprint density at radius 3 is 2.23 bits per heavy atom. The second-order valence-corrected chi connectivity index (χ2v) is 6.94. The van der Waals surface area contributed by atoms with Crippen molar-refractivity contribution in [2.45, 2.75) is 78.9 Å². The van der Waals surface area contributed by atoms with Gasteiger partial charge in [-0.15, -0.1) is 0 Å². The molecule has 0 saturated carbocycles. The number of aliphatic imine (C=N–C) groups is 1. The van der Waals surface area contributed by atoms with Crippen LogP contribution in [-0.2, 0) is 9.47 Å². The number of alkyl carbamates (subject to hydrolysis) is 1. The van der Waals surface area contributed by atoms with Crippen molar-refractivity contribution >= 4 is 12.1 Å². The lowest BCUT2D eigenvalue weighted by molar-refractivity contribution is -0.172. The molecule has 0 fully saturated rings. The molecule has 0 radical (unpaired) electrons. The number of aliphatic hydroxyl groups is 1. The Balaban J connectivity index is 4.69. The molecule has 0 aromatic heterocycles. The third-order valence-corrected chi connectivity index (χ3v) is 2.13. The van der Waals surface area contributed by atoms with Gasteiger partial charge in [0.15, 0.2) is 0 Å². The number of unbranched alkanes of at least 4 members (excludes halogenated alkanes) is 1. The van der Waals surface area contributed by atoms with E-state index in [2.05, 4.69) is 15.6 Å². The van der Waals surface area contributed by atoms with E-state index in [0.717, 1.165) is 12.8 Å². The summed E-state index contributed by atoms with van der Waals surface area (Å²) in [5.74, 6) is 0.124. The van der Waals surface area contributed by atoms with Gasteiger partial charge in [0, 0.05) is 6.54 Å². The number of hydrogen-bond donors (Lipinski definition) is 3. The molecule has 0 aliphatic heterocycles. The van der Waals surface area contributed by atoms with Gasteiger partial charge in [0.1, 0.15) is 5.60 Å². The van der Waals surface area contributed by atoms with Gasteiger partial charge in [-0.25, -0.2) is 4.79 Å². The number of nitrogens with zero attached hydrogens (tertiary/aromatic N) is 1. The molecule has 3 N–H and O–H groups in total. The molecular weight excluding hydrogens is 286 g/mol. The van der Waals surface area contributed by atoms with Crippen LogP contribution >= 0.6 is 0 Å².